The molecule has 0 radical (unpaired) electrons. The number of aliphatic imine (C=N–C) groups is 1. The molecule has 6 nitrogen and oxygen atoms in total. The summed E-state index contributed by atoms with van der Waals surface area (Å²) < 4.78 is 5.64. The molecule has 3 aromatic rings. The van der Waals surface area contributed by atoms with Crippen molar-refractivity contribution in [1.82, 2.24) is 9.97 Å². The fourth-order valence-corrected chi connectivity index (χ4v) is 3.94. The molecule has 0 saturated heterocycles. The highest BCUT2D eigenvalue weighted by Gasteiger charge is 2.29. The predicted octanol–water partition coefficient (Wildman–Crippen LogP) is 5.31. The zero-order chi connectivity index (χ0) is 22.9. The summed E-state index contributed by atoms with van der Waals surface area (Å²) in [4.78, 5) is 14.1. The van der Waals surface area contributed by atoms with Crippen LogP contribution in [0.5, 0.6) is 0 Å². The highest BCUT2D eigenvalue weighted by atomic mass is 35.5. The van der Waals surface area contributed by atoms with Crippen molar-refractivity contribution >= 4 is 23.1 Å². The molecule has 0 spiro atoms. The molecule has 2 N–H and O–H groups in total. The zero-order valence-electron chi connectivity index (χ0n) is 18.8. The normalized spacial score (nSPS) is 16.0. The van der Waals surface area contributed by atoms with E-state index in [0.717, 1.165) is 28.1 Å². The van der Waals surface area contributed by atoms with Gasteiger partial charge in [0, 0.05) is 41.2 Å². The van der Waals surface area contributed by atoms with E-state index in [2.05, 4.69) is 37.9 Å². The van der Waals surface area contributed by atoms with Gasteiger partial charge < -0.3 is 4.74 Å². The smallest absolute Gasteiger partial charge is 0.145 e. The van der Waals surface area contributed by atoms with E-state index in [1.807, 2.05) is 43.5 Å². The van der Waals surface area contributed by atoms with Crippen LogP contribution in [0.2, 0.25) is 5.02 Å². The molecule has 7 heteroatoms. The Bertz CT molecular complexity index is 1140. The fourth-order valence-electron chi connectivity index (χ4n) is 3.71. The van der Waals surface area contributed by atoms with Crippen LogP contribution in [0.1, 0.15) is 50.6 Å². The molecule has 0 saturated carbocycles. The van der Waals surface area contributed by atoms with E-state index in [1.54, 1.807) is 11.2 Å². The quantitative estimate of drug-likeness (QED) is 0.534. The minimum atomic E-state index is -0.227. The lowest BCUT2D eigenvalue weighted by atomic mass is 9.90. The highest BCUT2D eigenvalue weighted by molar-refractivity contribution is 6.33. The molecule has 1 aliphatic rings. The van der Waals surface area contributed by atoms with Gasteiger partial charge in [0.2, 0.25) is 0 Å². The molecule has 32 heavy (non-hydrogen) atoms. The maximum Gasteiger partial charge on any atom is 0.145 e. The van der Waals surface area contributed by atoms with Crippen LogP contribution in [-0.4, -0.2) is 29.0 Å². The second-order valence-corrected chi connectivity index (χ2v) is 9.20. The van der Waals surface area contributed by atoms with E-state index in [4.69, 9.17) is 32.2 Å². The standard InChI is InChI=1S/C25H28ClN5O/c1-5-32-15-22-30-23(17-9-11-21(29-14-17)25(2,3)4)18-10-8-16(13-20(18)31(22)27)24-19(26)7-6-12-28-24/h6-14,23H,5,15,27H2,1-4H3. The van der Waals surface area contributed by atoms with E-state index in [-0.39, 0.29) is 11.5 Å². The number of benzene rings is 1. The summed E-state index contributed by atoms with van der Waals surface area (Å²) in [5.74, 6) is 7.15. The van der Waals surface area contributed by atoms with Crippen molar-refractivity contribution in [1.29, 1.82) is 0 Å². The number of halogens is 1. The van der Waals surface area contributed by atoms with Crippen LogP contribution in [0, 0.1) is 0 Å². The number of hydrazine groups is 1. The monoisotopic (exact) mass is 449 g/mol. The van der Waals surface area contributed by atoms with Gasteiger partial charge in [-0.3, -0.25) is 20.0 Å². The van der Waals surface area contributed by atoms with Crippen molar-refractivity contribution < 1.29 is 4.74 Å². The first-order chi connectivity index (χ1) is 15.3. The minimum Gasteiger partial charge on any atom is -0.374 e. The molecule has 0 amide bonds. The molecule has 1 unspecified atom stereocenters. The highest BCUT2D eigenvalue weighted by Crippen LogP contribution is 2.40. The average Bonchev–Trinajstić information content (AvgIpc) is 2.78. The molecule has 0 fully saturated rings. The van der Waals surface area contributed by atoms with Crippen LogP contribution < -0.4 is 10.9 Å². The van der Waals surface area contributed by atoms with Crippen molar-refractivity contribution in [3.05, 3.63) is 76.7 Å². The summed E-state index contributed by atoms with van der Waals surface area (Å²) in [5.41, 5.74) is 5.47. The lowest BCUT2D eigenvalue weighted by molar-refractivity contribution is 0.186. The Labute approximate surface area is 194 Å². The van der Waals surface area contributed by atoms with E-state index in [1.165, 1.54) is 0 Å². The van der Waals surface area contributed by atoms with Gasteiger partial charge in [-0.1, -0.05) is 50.6 Å². The summed E-state index contributed by atoms with van der Waals surface area (Å²) in [5, 5.41) is 2.19. The molecule has 2 aromatic heterocycles. The third-order valence-corrected chi connectivity index (χ3v) is 5.78. The number of hydrogen-bond donors (Lipinski definition) is 1. The van der Waals surface area contributed by atoms with Crippen LogP contribution in [-0.2, 0) is 10.2 Å². The number of fused-ring (bicyclic) bond motifs is 1. The summed E-state index contributed by atoms with van der Waals surface area (Å²) in [6.45, 7) is 9.31. The number of anilines is 1. The molecule has 166 valence electrons. The number of nitrogens with zero attached hydrogens (tertiary/aromatic N) is 4. The molecular weight excluding hydrogens is 422 g/mol. The Morgan fingerprint density at radius 2 is 1.94 bits per heavy atom. The van der Waals surface area contributed by atoms with Crippen LogP contribution in [0.4, 0.5) is 5.69 Å². The molecule has 3 heterocycles. The third-order valence-electron chi connectivity index (χ3n) is 5.48. The Morgan fingerprint density at radius 3 is 2.59 bits per heavy atom. The summed E-state index contributed by atoms with van der Waals surface area (Å²) in [6, 6.07) is 13.6. The zero-order valence-corrected chi connectivity index (χ0v) is 19.6. The Hall–Kier alpha value is -2.80. The van der Waals surface area contributed by atoms with Crippen molar-refractivity contribution in [2.45, 2.75) is 39.2 Å². The fraction of sp³-hybridized carbons (Fsp3) is 0.320. The van der Waals surface area contributed by atoms with Gasteiger partial charge >= 0.3 is 0 Å². The van der Waals surface area contributed by atoms with E-state index in [0.29, 0.717) is 29.8 Å². The second kappa shape index (κ2) is 8.98. The van der Waals surface area contributed by atoms with Gasteiger partial charge in [0.15, 0.2) is 0 Å². The summed E-state index contributed by atoms with van der Waals surface area (Å²) in [7, 11) is 0. The SMILES string of the molecule is CCOCC1=NC(c2ccc(C(C)(C)C)nc2)c2ccc(-c3ncccc3Cl)cc2N1N. The van der Waals surface area contributed by atoms with E-state index < -0.39 is 0 Å². The number of hydrogen-bond acceptors (Lipinski definition) is 6. The minimum absolute atomic E-state index is 0.0166. The molecule has 1 atom stereocenters. The first kappa shape index (κ1) is 22.4. The Morgan fingerprint density at radius 1 is 1.12 bits per heavy atom. The van der Waals surface area contributed by atoms with Crippen LogP contribution in [0.3, 0.4) is 0 Å². The first-order valence-electron chi connectivity index (χ1n) is 10.7. The number of rotatable bonds is 5. The third kappa shape index (κ3) is 4.39. The Balaban J connectivity index is 1.80. The van der Waals surface area contributed by atoms with Gasteiger partial charge in [-0.2, -0.15) is 0 Å². The van der Waals surface area contributed by atoms with Gasteiger partial charge in [0.05, 0.1) is 16.4 Å². The van der Waals surface area contributed by atoms with Crippen LogP contribution in [0.25, 0.3) is 11.3 Å². The van der Waals surface area contributed by atoms with Gasteiger partial charge in [0.1, 0.15) is 18.5 Å². The van der Waals surface area contributed by atoms with E-state index in [9.17, 15) is 0 Å². The first-order valence-corrected chi connectivity index (χ1v) is 11.1. The maximum absolute atomic E-state index is 6.49. The van der Waals surface area contributed by atoms with Gasteiger partial charge in [-0.05, 0) is 36.8 Å². The summed E-state index contributed by atoms with van der Waals surface area (Å²) in [6.07, 6.45) is 3.64. The Kier molecular flexibility index (Phi) is 6.29. The van der Waals surface area contributed by atoms with E-state index >= 15 is 0 Å². The lowest BCUT2D eigenvalue weighted by Gasteiger charge is -2.32. The number of ether oxygens (including phenoxy) is 1. The van der Waals surface area contributed by atoms with Crippen molar-refractivity contribution in [3.8, 4) is 11.3 Å². The van der Waals surface area contributed by atoms with Gasteiger partial charge in [-0.15, -0.1) is 0 Å². The predicted molar refractivity (Wildman–Crippen MR) is 130 cm³/mol. The number of pyridine rings is 2. The van der Waals surface area contributed by atoms with Crippen molar-refractivity contribution in [2.75, 3.05) is 18.2 Å². The molecular formula is C25H28ClN5O. The lowest BCUT2D eigenvalue weighted by Crippen LogP contribution is -2.43. The van der Waals surface area contributed by atoms with Crippen LogP contribution in [0.15, 0.2) is 59.9 Å². The topological polar surface area (TPSA) is 76.6 Å². The largest absolute Gasteiger partial charge is 0.374 e. The average molecular weight is 450 g/mol. The van der Waals surface area contributed by atoms with Crippen molar-refractivity contribution in [2.24, 2.45) is 10.8 Å². The molecule has 1 aromatic carbocycles. The second-order valence-electron chi connectivity index (χ2n) is 8.79. The van der Waals surface area contributed by atoms with Gasteiger partial charge in [-0.25, -0.2) is 5.84 Å². The molecule has 0 bridgehead atoms. The van der Waals surface area contributed by atoms with Gasteiger partial charge in [0.25, 0.3) is 0 Å². The van der Waals surface area contributed by atoms with Crippen LogP contribution >= 0.6 is 11.6 Å². The molecule has 0 aliphatic carbocycles. The summed E-state index contributed by atoms with van der Waals surface area (Å²) >= 11 is 6.39. The maximum atomic E-state index is 6.49. The molecule has 4 rings (SSSR count). The van der Waals surface area contributed by atoms with Crippen molar-refractivity contribution in [3.63, 3.8) is 0 Å². The number of aromatic nitrogens is 2. The number of amidine groups is 1. The molecule has 1 aliphatic heterocycles. The number of nitrogens with two attached hydrogens (primary N) is 1.